The highest BCUT2D eigenvalue weighted by molar-refractivity contribution is 7.99. The molecule has 0 aliphatic rings. The minimum atomic E-state index is -4.71. The van der Waals surface area contributed by atoms with Crippen LogP contribution < -0.4 is 0 Å². The lowest BCUT2D eigenvalue weighted by atomic mass is 9.97. The van der Waals surface area contributed by atoms with Crippen LogP contribution in [0.5, 0.6) is 0 Å². The minimum Gasteiger partial charge on any atom is -0.481 e. The van der Waals surface area contributed by atoms with E-state index in [9.17, 15) is 22.8 Å². The maximum absolute atomic E-state index is 13.3. The van der Waals surface area contributed by atoms with Gasteiger partial charge < -0.3 is 9.84 Å². The SMILES string of the molecule is CCOC(=O)c1cc(C)c(SCC(C)(C)C(=O)O)cc1C(F)(F)F. The molecular formula is C16H19F3O4S. The zero-order valence-corrected chi connectivity index (χ0v) is 14.6. The van der Waals surface area contributed by atoms with Crippen LogP contribution in [0, 0.1) is 12.3 Å². The fourth-order valence-corrected chi connectivity index (χ4v) is 2.90. The van der Waals surface area contributed by atoms with Gasteiger partial charge in [0.1, 0.15) is 0 Å². The second-order valence-corrected chi connectivity index (χ2v) is 6.88. The molecule has 0 aromatic heterocycles. The smallest absolute Gasteiger partial charge is 0.417 e. The average molecular weight is 364 g/mol. The number of aryl methyl sites for hydroxylation is 1. The van der Waals surface area contributed by atoms with Gasteiger partial charge in [0.2, 0.25) is 0 Å². The monoisotopic (exact) mass is 364 g/mol. The first-order valence-corrected chi connectivity index (χ1v) is 8.14. The van der Waals surface area contributed by atoms with E-state index < -0.39 is 34.7 Å². The van der Waals surface area contributed by atoms with Crippen LogP contribution in [0.1, 0.15) is 42.3 Å². The zero-order valence-electron chi connectivity index (χ0n) is 13.8. The van der Waals surface area contributed by atoms with Crippen LogP contribution in [0.25, 0.3) is 0 Å². The third kappa shape index (κ3) is 4.90. The second-order valence-electron chi connectivity index (χ2n) is 5.86. The lowest BCUT2D eigenvalue weighted by Gasteiger charge is -2.20. The summed E-state index contributed by atoms with van der Waals surface area (Å²) in [5.74, 6) is -1.97. The van der Waals surface area contributed by atoms with Crippen molar-refractivity contribution in [2.75, 3.05) is 12.4 Å². The van der Waals surface area contributed by atoms with Crippen molar-refractivity contribution in [1.29, 1.82) is 0 Å². The lowest BCUT2D eigenvalue weighted by molar-refractivity contribution is -0.145. The molecule has 8 heteroatoms. The van der Waals surface area contributed by atoms with Crippen molar-refractivity contribution in [3.05, 3.63) is 28.8 Å². The minimum absolute atomic E-state index is 0.0293. The van der Waals surface area contributed by atoms with Crippen molar-refractivity contribution < 1.29 is 32.6 Å². The van der Waals surface area contributed by atoms with Crippen molar-refractivity contribution in [2.24, 2.45) is 5.41 Å². The molecule has 0 atom stereocenters. The van der Waals surface area contributed by atoms with Crippen molar-refractivity contribution >= 4 is 23.7 Å². The number of hydrogen-bond donors (Lipinski definition) is 1. The maximum atomic E-state index is 13.3. The number of alkyl halides is 3. The number of hydrogen-bond acceptors (Lipinski definition) is 4. The summed E-state index contributed by atoms with van der Waals surface area (Å²) in [6, 6.07) is 2.01. The molecule has 0 aliphatic heterocycles. The molecule has 134 valence electrons. The molecule has 0 aliphatic carbocycles. The van der Waals surface area contributed by atoms with Gasteiger partial charge in [-0.2, -0.15) is 13.2 Å². The number of carbonyl (C=O) groups excluding carboxylic acids is 1. The average Bonchev–Trinajstić information content (AvgIpc) is 2.44. The van der Waals surface area contributed by atoms with E-state index in [4.69, 9.17) is 5.11 Å². The Morgan fingerprint density at radius 3 is 2.29 bits per heavy atom. The summed E-state index contributed by atoms with van der Waals surface area (Å²) in [6.45, 7) is 6.04. The molecule has 0 spiro atoms. The molecule has 24 heavy (non-hydrogen) atoms. The van der Waals surface area contributed by atoms with Crippen LogP contribution in [-0.2, 0) is 15.7 Å². The number of benzene rings is 1. The van der Waals surface area contributed by atoms with Gasteiger partial charge in [0.15, 0.2) is 0 Å². The van der Waals surface area contributed by atoms with Crippen molar-refractivity contribution in [3.63, 3.8) is 0 Å². The van der Waals surface area contributed by atoms with E-state index in [2.05, 4.69) is 4.74 Å². The number of thioether (sulfide) groups is 1. The number of rotatable bonds is 6. The Hall–Kier alpha value is -1.70. The van der Waals surface area contributed by atoms with Gasteiger partial charge >= 0.3 is 18.1 Å². The van der Waals surface area contributed by atoms with E-state index >= 15 is 0 Å². The molecule has 0 saturated carbocycles. The quantitative estimate of drug-likeness (QED) is 0.599. The summed E-state index contributed by atoms with van der Waals surface area (Å²) in [6.07, 6.45) is -4.71. The van der Waals surface area contributed by atoms with Gasteiger partial charge in [-0.15, -0.1) is 11.8 Å². The van der Waals surface area contributed by atoms with E-state index in [-0.39, 0.29) is 17.3 Å². The van der Waals surface area contributed by atoms with Gasteiger partial charge in [-0.25, -0.2) is 4.79 Å². The zero-order chi connectivity index (χ0) is 18.7. The van der Waals surface area contributed by atoms with Crippen LogP contribution in [0.15, 0.2) is 17.0 Å². The number of esters is 1. The van der Waals surface area contributed by atoms with Crippen molar-refractivity contribution in [3.8, 4) is 0 Å². The highest BCUT2D eigenvalue weighted by Crippen LogP contribution is 2.38. The standard InChI is InChI=1S/C16H19F3O4S/c1-5-23-13(20)10-6-9(2)12(7-11(10)16(17,18)19)24-8-15(3,4)14(21)22/h6-7H,5,8H2,1-4H3,(H,21,22). The molecule has 0 amide bonds. The summed E-state index contributed by atoms with van der Waals surface area (Å²) in [7, 11) is 0. The molecule has 4 nitrogen and oxygen atoms in total. The molecule has 0 unspecified atom stereocenters. The Balaban J connectivity index is 3.26. The number of halogens is 3. The molecule has 0 radical (unpaired) electrons. The summed E-state index contributed by atoms with van der Waals surface area (Å²) in [5, 5.41) is 9.09. The molecule has 1 aromatic carbocycles. The van der Waals surface area contributed by atoms with Gasteiger partial charge in [-0.1, -0.05) is 0 Å². The Morgan fingerprint density at radius 2 is 1.83 bits per heavy atom. The predicted octanol–water partition coefficient (Wildman–Crippen LogP) is 4.39. The van der Waals surface area contributed by atoms with Crippen LogP contribution in [0.3, 0.4) is 0 Å². The number of carboxylic acids is 1. The molecule has 1 aromatic rings. The Bertz CT molecular complexity index is 639. The number of aliphatic carboxylic acids is 1. The van der Waals surface area contributed by atoms with Gasteiger partial charge in [0.05, 0.1) is 23.1 Å². The van der Waals surface area contributed by atoms with Crippen LogP contribution in [0.4, 0.5) is 13.2 Å². The van der Waals surface area contributed by atoms with E-state index in [1.165, 1.54) is 20.8 Å². The number of ether oxygens (including phenoxy) is 1. The molecule has 0 heterocycles. The Morgan fingerprint density at radius 1 is 1.25 bits per heavy atom. The Kier molecular flexibility index (Phi) is 6.32. The van der Waals surface area contributed by atoms with Crippen LogP contribution >= 0.6 is 11.8 Å². The first-order valence-electron chi connectivity index (χ1n) is 7.15. The fourth-order valence-electron chi connectivity index (χ4n) is 1.78. The van der Waals surface area contributed by atoms with Crippen molar-refractivity contribution in [1.82, 2.24) is 0 Å². The third-order valence-corrected chi connectivity index (χ3v) is 4.90. The van der Waals surface area contributed by atoms with E-state index in [1.807, 2.05) is 0 Å². The van der Waals surface area contributed by atoms with Crippen LogP contribution in [-0.4, -0.2) is 29.4 Å². The first kappa shape index (κ1) is 20.3. The van der Waals surface area contributed by atoms with E-state index in [0.717, 1.165) is 23.9 Å². The van der Waals surface area contributed by atoms with Gasteiger partial charge in [0.25, 0.3) is 0 Å². The fraction of sp³-hybridized carbons (Fsp3) is 0.500. The van der Waals surface area contributed by atoms with Gasteiger partial charge in [-0.05, 0) is 45.4 Å². The summed E-state index contributed by atoms with van der Waals surface area (Å²) in [5.41, 5.74) is -2.25. The summed E-state index contributed by atoms with van der Waals surface area (Å²) >= 11 is 1.01. The van der Waals surface area contributed by atoms with E-state index in [1.54, 1.807) is 6.92 Å². The highest BCUT2D eigenvalue weighted by atomic mass is 32.2. The maximum Gasteiger partial charge on any atom is 0.417 e. The van der Waals surface area contributed by atoms with Crippen LogP contribution in [0.2, 0.25) is 0 Å². The first-order chi connectivity index (χ1) is 10.9. The van der Waals surface area contributed by atoms with Gasteiger partial charge in [-0.3, -0.25) is 4.79 Å². The third-order valence-electron chi connectivity index (χ3n) is 3.28. The molecule has 1 N–H and O–H groups in total. The summed E-state index contributed by atoms with van der Waals surface area (Å²) in [4.78, 5) is 23.2. The van der Waals surface area contributed by atoms with Gasteiger partial charge in [0, 0.05) is 10.6 Å². The number of carbonyl (C=O) groups is 2. The lowest BCUT2D eigenvalue weighted by Crippen LogP contribution is -2.26. The molecular weight excluding hydrogens is 345 g/mol. The largest absolute Gasteiger partial charge is 0.481 e. The molecule has 0 bridgehead atoms. The number of carboxylic acid groups (broad SMARTS) is 1. The highest BCUT2D eigenvalue weighted by Gasteiger charge is 2.37. The second kappa shape index (κ2) is 7.46. The topological polar surface area (TPSA) is 63.6 Å². The summed E-state index contributed by atoms with van der Waals surface area (Å²) < 4.78 is 44.4. The Labute approximate surface area is 142 Å². The van der Waals surface area contributed by atoms with E-state index in [0.29, 0.717) is 5.56 Å². The van der Waals surface area contributed by atoms with Crippen molar-refractivity contribution in [2.45, 2.75) is 38.8 Å². The predicted molar refractivity (Wildman–Crippen MR) is 84.3 cm³/mol. The molecule has 1 rings (SSSR count). The molecule has 0 saturated heterocycles. The normalized spacial score (nSPS) is 12.1. The molecule has 0 fully saturated rings.